The molecular weight excluding hydrogens is 460 g/mol. The molecule has 4 rings (SSSR count). The van der Waals surface area contributed by atoms with Crippen molar-refractivity contribution in [3.63, 3.8) is 0 Å². The molecule has 0 aliphatic carbocycles. The molecule has 0 unspecified atom stereocenters. The minimum Gasteiger partial charge on any atom is -0.464 e. The molecule has 0 aromatic heterocycles. The first-order chi connectivity index (χ1) is 17.3. The lowest BCUT2D eigenvalue weighted by molar-refractivity contribution is 0.114. The first kappa shape index (κ1) is 27.3. The van der Waals surface area contributed by atoms with Crippen molar-refractivity contribution < 1.29 is 24.6 Å². The molecule has 0 heterocycles. The molecule has 9 heteroatoms. The maximum atomic E-state index is 10.6. The van der Waals surface area contributed by atoms with E-state index in [2.05, 4.69) is 109 Å². The van der Waals surface area contributed by atoms with Crippen LogP contribution in [-0.4, -0.2) is 38.4 Å². The van der Waals surface area contributed by atoms with Crippen molar-refractivity contribution in [2.45, 2.75) is 0 Å². The van der Waals surface area contributed by atoms with E-state index >= 15 is 0 Å². The van der Waals surface area contributed by atoms with E-state index in [0.29, 0.717) is 0 Å². The highest BCUT2D eigenvalue weighted by molar-refractivity contribution is 6.04. The van der Waals surface area contributed by atoms with E-state index in [1.807, 2.05) is 24.3 Å². The number of urea groups is 1. The largest absolute Gasteiger partial charge is 0.464 e. The fourth-order valence-corrected chi connectivity index (χ4v) is 2.88. The van der Waals surface area contributed by atoms with Gasteiger partial charge in [-0.15, -0.1) is 4.90 Å². The standard InChI is InChI=1S/2C12H10.C3H6N4O5/c2*1-3-7-11(8-4-1)12-9-5-2-6-10-12;4-7(5)1(8)6(2(9)10)3(11)12/h2*1-10H;4-5H2,(H,9,10)(H,11,12). The summed E-state index contributed by atoms with van der Waals surface area (Å²) in [6, 6.07) is 40.0. The summed E-state index contributed by atoms with van der Waals surface area (Å²) in [5.74, 6) is 9.21. The Hall–Kier alpha value is -4.99. The van der Waals surface area contributed by atoms with E-state index in [-0.39, 0.29) is 5.12 Å². The molecule has 6 N–H and O–H groups in total. The second-order valence-corrected chi connectivity index (χ2v) is 7.05. The van der Waals surface area contributed by atoms with E-state index < -0.39 is 23.1 Å². The highest BCUT2D eigenvalue weighted by Crippen LogP contribution is 2.18. The number of hydrazine groups is 2. The molecule has 0 aliphatic heterocycles. The fourth-order valence-electron chi connectivity index (χ4n) is 2.88. The zero-order valence-electron chi connectivity index (χ0n) is 19.2. The lowest BCUT2D eigenvalue weighted by atomic mass is 10.1. The third-order valence-corrected chi connectivity index (χ3v) is 4.56. The van der Waals surface area contributed by atoms with Crippen molar-refractivity contribution in [2.24, 2.45) is 11.7 Å². The highest BCUT2D eigenvalue weighted by atomic mass is 16.4. The summed E-state index contributed by atoms with van der Waals surface area (Å²) in [7, 11) is 0. The summed E-state index contributed by atoms with van der Waals surface area (Å²) in [6.07, 6.45) is -3.96. The van der Waals surface area contributed by atoms with E-state index in [1.165, 1.54) is 22.3 Å². The Kier molecular flexibility index (Phi) is 10.8. The monoisotopic (exact) mass is 486 g/mol. The number of benzene rings is 4. The van der Waals surface area contributed by atoms with Gasteiger partial charge in [-0.1, -0.05) is 121 Å². The predicted molar refractivity (Wildman–Crippen MR) is 137 cm³/mol. The van der Waals surface area contributed by atoms with E-state index in [4.69, 9.17) is 10.2 Å². The molecule has 0 aliphatic rings. The topological polar surface area (TPSA) is 150 Å². The van der Waals surface area contributed by atoms with Crippen molar-refractivity contribution in [3.05, 3.63) is 121 Å². The summed E-state index contributed by atoms with van der Waals surface area (Å²) in [4.78, 5) is 30.2. The number of nitrogens with zero attached hydrogens (tertiary/aromatic N) is 2. The van der Waals surface area contributed by atoms with Crippen LogP contribution in [0, 0.1) is 0 Å². The molecule has 0 bridgehead atoms. The molecule has 0 radical (unpaired) electrons. The van der Waals surface area contributed by atoms with E-state index in [0.717, 1.165) is 0 Å². The molecule has 0 atom stereocenters. The van der Waals surface area contributed by atoms with Crippen LogP contribution in [0.3, 0.4) is 0 Å². The van der Waals surface area contributed by atoms with Crippen LogP contribution in [0.25, 0.3) is 22.3 Å². The van der Waals surface area contributed by atoms with E-state index in [9.17, 15) is 14.4 Å². The Morgan fingerprint density at radius 1 is 0.472 bits per heavy atom. The van der Waals surface area contributed by atoms with Gasteiger partial charge in [0.15, 0.2) is 0 Å². The third-order valence-electron chi connectivity index (χ3n) is 4.56. The van der Waals surface area contributed by atoms with Crippen LogP contribution < -0.4 is 11.7 Å². The Balaban J connectivity index is 0.000000190. The normalized spacial score (nSPS) is 9.39. The van der Waals surface area contributed by atoms with Gasteiger partial charge >= 0.3 is 18.2 Å². The third kappa shape index (κ3) is 8.75. The number of amides is 4. The molecular formula is C27H26N4O5. The molecule has 4 aromatic rings. The van der Waals surface area contributed by atoms with E-state index in [1.54, 1.807) is 0 Å². The molecule has 36 heavy (non-hydrogen) atoms. The number of carbonyl (C=O) groups is 3. The van der Waals surface area contributed by atoms with Gasteiger partial charge in [-0.2, -0.15) is 5.12 Å². The quantitative estimate of drug-likeness (QED) is 0.165. The number of nitrogens with two attached hydrogens (primary N) is 2. The number of hydrogen-bond acceptors (Lipinski definition) is 5. The van der Waals surface area contributed by atoms with Crippen molar-refractivity contribution >= 4 is 18.2 Å². The van der Waals surface area contributed by atoms with Gasteiger partial charge in [0, 0.05) is 0 Å². The maximum absolute atomic E-state index is 10.6. The lowest BCUT2D eigenvalue weighted by Gasteiger charge is -2.15. The van der Waals surface area contributed by atoms with Crippen LogP contribution >= 0.6 is 0 Å². The minimum atomic E-state index is -1.98. The zero-order chi connectivity index (χ0) is 26.3. The van der Waals surface area contributed by atoms with Crippen molar-refractivity contribution in [2.75, 3.05) is 0 Å². The van der Waals surface area contributed by atoms with Crippen LogP contribution in [0.4, 0.5) is 14.4 Å². The fraction of sp³-hybridized carbons (Fsp3) is 0. The Labute approximate surface area is 208 Å². The van der Waals surface area contributed by atoms with Crippen molar-refractivity contribution in [3.8, 4) is 22.3 Å². The van der Waals surface area contributed by atoms with Crippen molar-refractivity contribution in [1.82, 2.24) is 10.0 Å². The lowest BCUT2D eigenvalue weighted by Crippen LogP contribution is -2.54. The number of carboxylic acid groups (broad SMARTS) is 2. The molecule has 9 nitrogen and oxygen atoms in total. The highest BCUT2D eigenvalue weighted by Gasteiger charge is 2.30. The van der Waals surface area contributed by atoms with Gasteiger partial charge < -0.3 is 10.2 Å². The average molecular weight is 487 g/mol. The van der Waals surface area contributed by atoms with Gasteiger partial charge in [-0.25, -0.2) is 26.1 Å². The first-order valence-electron chi connectivity index (χ1n) is 10.6. The summed E-state index contributed by atoms with van der Waals surface area (Å²) >= 11 is 0. The Bertz CT molecular complexity index is 1060. The van der Waals surface area contributed by atoms with Crippen LogP contribution in [0.5, 0.6) is 0 Å². The maximum Gasteiger partial charge on any atom is 0.425 e. The summed E-state index contributed by atoms with van der Waals surface area (Å²) < 4.78 is 0. The molecule has 0 spiro atoms. The summed E-state index contributed by atoms with van der Waals surface area (Å²) in [5.41, 5.74) is 5.10. The summed E-state index contributed by atoms with van der Waals surface area (Å²) in [5, 5.41) is 16.1. The number of rotatable bonds is 2. The molecule has 0 saturated carbocycles. The first-order valence-corrected chi connectivity index (χ1v) is 10.6. The smallest absolute Gasteiger partial charge is 0.425 e. The molecule has 184 valence electrons. The van der Waals surface area contributed by atoms with Gasteiger partial charge in [0.25, 0.3) is 0 Å². The molecule has 0 fully saturated rings. The minimum absolute atomic E-state index is 0.151. The number of imide groups is 3. The number of carbonyl (C=O) groups excluding carboxylic acids is 1. The van der Waals surface area contributed by atoms with Crippen LogP contribution in [0.1, 0.15) is 0 Å². The van der Waals surface area contributed by atoms with Gasteiger partial charge in [-0.05, 0) is 22.3 Å². The molecule has 4 amide bonds. The van der Waals surface area contributed by atoms with Crippen LogP contribution in [0.15, 0.2) is 121 Å². The zero-order valence-corrected chi connectivity index (χ0v) is 19.2. The van der Waals surface area contributed by atoms with Crippen LogP contribution in [0.2, 0.25) is 0 Å². The predicted octanol–water partition coefficient (Wildman–Crippen LogP) is 5.52. The van der Waals surface area contributed by atoms with Gasteiger partial charge in [-0.3, -0.25) is 0 Å². The summed E-state index contributed by atoms with van der Waals surface area (Å²) in [6.45, 7) is 0. The van der Waals surface area contributed by atoms with Crippen LogP contribution in [-0.2, 0) is 0 Å². The van der Waals surface area contributed by atoms with Crippen molar-refractivity contribution in [1.29, 1.82) is 0 Å². The second-order valence-electron chi connectivity index (χ2n) is 7.05. The molecule has 4 aromatic carbocycles. The SMILES string of the molecule is NN(N)C(=O)N(C(=O)O)C(=O)O.c1ccc(-c2ccccc2)cc1.c1ccc(-c2ccccc2)cc1. The Morgan fingerprint density at radius 3 is 0.833 bits per heavy atom. The van der Waals surface area contributed by atoms with Gasteiger partial charge in [0.1, 0.15) is 0 Å². The number of hydrogen-bond donors (Lipinski definition) is 4. The van der Waals surface area contributed by atoms with Gasteiger partial charge in [0.05, 0.1) is 0 Å². The van der Waals surface area contributed by atoms with Gasteiger partial charge in [0.2, 0.25) is 0 Å². The Morgan fingerprint density at radius 2 is 0.694 bits per heavy atom. The molecule has 0 saturated heterocycles. The second kappa shape index (κ2) is 14.3. The average Bonchev–Trinajstić information content (AvgIpc) is 2.91.